The van der Waals surface area contributed by atoms with Crippen molar-refractivity contribution in [2.75, 3.05) is 6.54 Å². The Morgan fingerprint density at radius 1 is 1.19 bits per heavy atom. The maximum atomic E-state index is 11.0. The smallest absolute Gasteiger partial charge is 0.272 e. The lowest BCUT2D eigenvalue weighted by molar-refractivity contribution is -0.385. The molecule has 1 N–H and O–H groups in total. The molecule has 0 amide bonds. The lowest BCUT2D eigenvalue weighted by Crippen LogP contribution is -2.21. The van der Waals surface area contributed by atoms with Gasteiger partial charge in [-0.25, -0.2) is 0 Å². The van der Waals surface area contributed by atoms with Crippen LogP contribution in [0.1, 0.15) is 24.1 Å². The van der Waals surface area contributed by atoms with Crippen LogP contribution in [0, 0.1) is 10.1 Å². The molecule has 0 fully saturated rings. The van der Waals surface area contributed by atoms with Crippen LogP contribution in [0.3, 0.4) is 0 Å². The molecule has 0 aliphatic heterocycles. The van der Waals surface area contributed by atoms with Crippen LogP contribution in [0.2, 0.25) is 5.02 Å². The number of rotatable bonds is 6. The summed E-state index contributed by atoms with van der Waals surface area (Å²) in [5.74, 6) is 0. The van der Waals surface area contributed by atoms with Gasteiger partial charge < -0.3 is 5.32 Å². The van der Waals surface area contributed by atoms with Gasteiger partial charge in [0.15, 0.2) is 0 Å². The molecule has 110 valence electrons. The van der Waals surface area contributed by atoms with Crippen molar-refractivity contribution in [2.24, 2.45) is 0 Å². The van der Waals surface area contributed by atoms with Crippen molar-refractivity contribution in [3.05, 3.63) is 74.8 Å². The molecule has 0 unspecified atom stereocenters. The SMILES string of the molecule is C[C@H](NCCc1ccccc1[N+](=O)[O-])c1ccccc1Cl. The molecular weight excluding hydrogens is 288 g/mol. The molecule has 2 aromatic rings. The molecule has 0 aliphatic rings. The minimum Gasteiger partial charge on any atom is -0.310 e. The van der Waals surface area contributed by atoms with Crippen molar-refractivity contribution in [2.45, 2.75) is 19.4 Å². The average Bonchev–Trinajstić information content (AvgIpc) is 2.48. The number of nitro benzene ring substituents is 1. The van der Waals surface area contributed by atoms with Crippen molar-refractivity contribution >= 4 is 17.3 Å². The average molecular weight is 305 g/mol. The molecular formula is C16H17ClN2O2. The van der Waals surface area contributed by atoms with E-state index >= 15 is 0 Å². The third-order valence-electron chi connectivity index (χ3n) is 3.40. The predicted molar refractivity (Wildman–Crippen MR) is 84.7 cm³/mol. The van der Waals surface area contributed by atoms with E-state index in [1.54, 1.807) is 12.1 Å². The van der Waals surface area contributed by atoms with Crippen LogP contribution >= 0.6 is 11.6 Å². The second kappa shape index (κ2) is 7.20. The largest absolute Gasteiger partial charge is 0.310 e. The molecule has 0 aliphatic carbocycles. The van der Waals surface area contributed by atoms with Crippen molar-refractivity contribution in [3.8, 4) is 0 Å². The summed E-state index contributed by atoms with van der Waals surface area (Å²) in [4.78, 5) is 10.6. The predicted octanol–water partition coefficient (Wildman–Crippen LogP) is 4.14. The van der Waals surface area contributed by atoms with Gasteiger partial charge in [-0.2, -0.15) is 0 Å². The number of nitrogens with one attached hydrogen (secondary N) is 1. The van der Waals surface area contributed by atoms with Crippen molar-refractivity contribution < 1.29 is 4.92 Å². The van der Waals surface area contributed by atoms with Crippen LogP contribution in [0.15, 0.2) is 48.5 Å². The Hall–Kier alpha value is -1.91. The second-order valence-corrected chi connectivity index (χ2v) is 5.24. The molecule has 0 radical (unpaired) electrons. The fraction of sp³-hybridized carbons (Fsp3) is 0.250. The highest BCUT2D eigenvalue weighted by Gasteiger charge is 2.13. The summed E-state index contributed by atoms with van der Waals surface area (Å²) in [7, 11) is 0. The number of nitrogens with zero attached hydrogens (tertiary/aromatic N) is 1. The van der Waals surface area contributed by atoms with Crippen molar-refractivity contribution in [1.29, 1.82) is 0 Å². The van der Waals surface area contributed by atoms with Gasteiger partial charge >= 0.3 is 0 Å². The Morgan fingerprint density at radius 3 is 2.57 bits per heavy atom. The first-order valence-electron chi connectivity index (χ1n) is 6.79. The molecule has 21 heavy (non-hydrogen) atoms. The fourth-order valence-corrected chi connectivity index (χ4v) is 2.56. The van der Waals surface area contributed by atoms with Crippen LogP contribution in [0.25, 0.3) is 0 Å². The van der Waals surface area contributed by atoms with E-state index in [9.17, 15) is 10.1 Å². The molecule has 0 saturated heterocycles. The van der Waals surface area contributed by atoms with Crippen LogP contribution in [-0.2, 0) is 6.42 Å². The normalized spacial score (nSPS) is 12.1. The van der Waals surface area contributed by atoms with Gasteiger partial charge in [0.25, 0.3) is 5.69 Å². The summed E-state index contributed by atoms with van der Waals surface area (Å²) in [6.45, 7) is 2.68. The van der Waals surface area contributed by atoms with E-state index in [4.69, 9.17) is 11.6 Å². The van der Waals surface area contributed by atoms with Crippen LogP contribution in [0.4, 0.5) is 5.69 Å². The first-order chi connectivity index (χ1) is 10.1. The topological polar surface area (TPSA) is 55.2 Å². The number of nitro groups is 1. The van der Waals surface area contributed by atoms with Gasteiger partial charge in [0.1, 0.15) is 0 Å². The van der Waals surface area contributed by atoms with E-state index in [-0.39, 0.29) is 16.7 Å². The Balaban J connectivity index is 1.96. The van der Waals surface area contributed by atoms with E-state index in [1.807, 2.05) is 37.3 Å². The first kappa shape index (κ1) is 15.5. The third kappa shape index (κ3) is 4.03. The van der Waals surface area contributed by atoms with Gasteiger partial charge in [0, 0.05) is 22.7 Å². The van der Waals surface area contributed by atoms with Gasteiger partial charge in [-0.15, -0.1) is 0 Å². The zero-order chi connectivity index (χ0) is 15.2. The Labute approximate surface area is 128 Å². The van der Waals surface area contributed by atoms with Crippen molar-refractivity contribution in [1.82, 2.24) is 5.32 Å². The van der Waals surface area contributed by atoms with Gasteiger partial charge in [0.2, 0.25) is 0 Å². The van der Waals surface area contributed by atoms with Gasteiger partial charge in [-0.3, -0.25) is 10.1 Å². The summed E-state index contributed by atoms with van der Waals surface area (Å²) in [6.07, 6.45) is 0.603. The Kier molecular flexibility index (Phi) is 5.31. The molecule has 0 aromatic heterocycles. The van der Waals surface area contributed by atoms with Crippen LogP contribution in [0.5, 0.6) is 0 Å². The zero-order valence-corrected chi connectivity index (χ0v) is 12.5. The number of benzene rings is 2. The summed E-state index contributed by atoms with van der Waals surface area (Å²) >= 11 is 6.15. The Morgan fingerprint density at radius 2 is 1.86 bits per heavy atom. The fourth-order valence-electron chi connectivity index (χ4n) is 2.26. The van der Waals surface area contributed by atoms with Crippen molar-refractivity contribution in [3.63, 3.8) is 0 Å². The van der Waals surface area contributed by atoms with Crippen LogP contribution < -0.4 is 5.32 Å². The molecule has 0 bridgehead atoms. The summed E-state index contributed by atoms with van der Waals surface area (Å²) in [5, 5.41) is 15.0. The molecule has 2 rings (SSSR count). The highest BCUT2D eigenvalue weighted by molar-refractivity contribution is 6.31. The number of hydrogen-bond acceptors (Lipinski definition) is 3. The zero-order valence-electron chi connectivity index (χ0n) is 11.8. The van der Waals surface area contributed by atoms with E-state index in [0.717, 1.165) is 16.1 Å². The molecule has 1 atom stereocenters. The second-order valence-electron chi connectivity index (χ2n) is 4.83. The minimum absolute atomic E-state index is 0.0986. The number of halogens is 1. The minimum atomic E-state index is -0.340. The lowest BCUT2D eigenvalue weighted by Gasteiger charge is -2.15. The third-order valence-corrected chi connectivity index (χ3v) is 3.75. The van der Waals surface area contributed by atoms with Gasteiger partial charge in [0.05, 0.1) is 4.92 Å². The number of hydrogen-bond donors (Lipinski definition) is 1. The molecule has 0 heterocycles. The summed E-state index contributed by atoms with van der Waals surface area (Å²) in [5.41, 5.74) is 1.94. The first-order valence-corrected chi connectivity index (χ1v) is 7.17. The Bertz CT molecular complexity index is 631. The van der Waals surface area contributed by atoms with E-state index in [0.29, 0.717) is 13.0 Å². The highest BCUT2D eigenvalue weighted by Crippen LogP contribution is 2.22. The monoisotopic (exact) mass is 304 g/mol. The van der Waals surface area contributed by atoms with E-state index in [1.165, 1.54) is 6.07 Å². The molecule has 2 aromatic carbocycles. The lowest BCUT2D eigenvalue weighted by atomic mass is 10.1. The highest BCUT2D eigenvalue weighted by atomic mass is 35.5. The number of para-hydroxylation sites is 1. The van der Waals surface area contributed by atoms with Gasteiger partial charge in [-0.05, 0) is 31.5 Å². The van der Waals surface area contributed by atoms with Crippen LogP contribution in [-0.4, -0.2) is 11.5 Å². The molecule has 0 saturated carbocycles. The molecule has 0 spiro atoms. The summed E-state index contributed by atoms with van der Waals surface area (Å²) < 4.78 is 0. The maximum Gasteiger partial charge on any atom is 0.272 e. The quantitative estimate of drug-likeness (QED) is 0.644. The van der Waals surface area contributed by atoms with E-state index in [2.05, 4.69) is 5.32 Å². The van der Waals surface area contributed by atoms with E-state index < -0.39 is 0 Å². The molecule has 5 heteroatoms. The van der Waals surface area contributed by atoms with Gasteiger partial charge in [-0.1, -0.05) is 48.0 Å². The summed E-state index contributed by atoms with van der Waals surface area (Å²) in [6, 6.07) is 14.6. The standard InChI is InChI=1S/C16H17ClN2O2/c1-12(14-7-3-4-8-15(14)17)18-11-10-13-6-2-5-9-16(13)19(20)21/h2-9,12,18H,10-11H2,1H3/t12-/m0/s1. The molecule has 4 nitrogen and oxygen atoms in total. The maximum absolute atomic E-state index is 11.0.